The summed E-state index contributed by atoms with van der Waals surface area (Å²) in [6.45, 7) is 0.249. The number of rotatable bonds is 1. The van der Waals surface area contributed by atoms with Gasteiger partial charge >= 0.3 is 7.12 Å². The summed E-state index contributed by atoms with van der Waals surface area (Å²) in [5.41, 5.74) is 2.38. The summed E-state index contributed by atoms with van der Waals surface area (Å²) in [4.78, 5) is 0. The van der Waals surface area contributed by atoms with Crippen LogP contribution in [0.25, 0.3) is 11.1 Å². The molecule has 0 spiro atoms. The topological polar surface area (TPSA) is 42.6 Å². The quantitative estimate of drug-likeness (QED) is 0.733. The van der Waals surface area contributed by atoms with Gasteiger partial charge in [-0.1, -0.05) is 6.07 Å². The molecule has 2 aromatic rings. The fourth-order valence-electron chi connectivity index (χ4n) is 1.88. The summed E-state index contributed by atoms with van der Waals surface area (Å²) < 4.78 is 23.7. The van der Waals surface area contributed by atoms with Gasteiger partial charge in [-0.05, 0) is 23.2 Å². The highest BCUT2D eigenvalue weighted by molar-refractivity contribution is 6.61. The van der Waals surface area contributed by atoms with Crippen molar-refractivity contribution in [3.8, 4) is 11.1 Å². The Morgan fingerprint density at radius 2 is 2.25 bits per heavy atom. The third-order valence-electron chi connectivity index (χ3n) is 2.72. The molecule has 3 nitrogen and oxygen atoms in total. The van der Waals surface area contributed by atoms with Crippen LogP contribution in [0.15, 0.2) is 35.1 Å². The van der Waals surface area contributed by atoms with Crippen LogP contribution in [-0.2, 0) is 11.3 Å². The number of hydrogen-bond donors (Lipinski definition) is 1. The third kappa shape index (κ3) is 1.37. The lowest BCUT2D eigenvalue weighted by atomic mass is 9.78. The molecular weight excluding hydrogens is 210 g/mol. The van der Waals surface area contributed by atoms with Gasteiger partial charge in [0.25, 0.3) is 0 Å². The second-order valence-electron chi connectivity index (χ2n) is 3.71. The summed E-state index contributed by atoms with van der Waals surface area (Å²) >= 11 is 0. The van der Waals surface area contributed by atoms with Gasteiger partial charge in [-0.15, -0.1) is 0 Å². The molecule has 1 aliphatic heterocycles. The van der Waals surface area contributed by atoms with Crippen LogP contribution >= 0.6 is 0 Å². The molecule has 1 aromatic carbocycles. The van der Waals surface area contributed by atoms with Crippen molar-refractivity contribution >= 4 is 12.6 Å². The third-order valence-corrected chi connectivity index (χ3v) is 2.72. The minimum absolute atomic E-state index is 0.249. The Balaban J connectivity index is 2.17. The minimum Gasteiger partial charge on any atom is -0.472 e. The molecule has 1 aromatic heterocycles. The molecule has 0 saturated carbocycles. The Kier molecular flexibility index (Phi) is 2.09. The first kappa shape index (κ1) is 9.63. The van der Waals surface area contributed by atoms with E-state index in [4.69, 9.17) is 9.07 Å². The summed E-state index contributed by atoms with van der Waals surface area (Å²) in [5.74, 6) is -0.335. The first-order valence-electron chi connectivity index (χ1n) is 4.90. The van der Waals surface area contributed by atoms with Gasteiger partial charge in [-0.3, -0.25) is 0 Å². The maximum atomic E-state index is 13.8. The van der Waals surface area contributed by atoms with E-state index in [2.05, 4.69) is 0 Å². The molecule has 16 heavy (non-hydrogen) atoms. The maximum absolute atomic E-state index is 13.8. The van der Waals surface area contributed by atoms with Crippen LogP contribution in [0.5, 0.6) is 0 Å². The van der Waals surface area contributed by atoms with E-state index in [9.17, 15) is 9.41 Å². The highest BCUT2D eigenvalue weighted by Crippen LogP contribution is 2.25. The fourth-order valence-corrected chi connectivity index (χ4v) is 1.88. The lowest BCUT2D eigenvalue weighted by molar-refractivity contribution is 0.275. The summed E-state index contributed by atoms with van der Waals surface area (Å²) in [6.07, 6.45) is 2.95. The molecule has 0 radical (unpaired) electrons. The van der Waals surface area contributed by atoms with Crippen LogP contribution in [0.4, 0.5) is 4.39 Å². The SMILES string of the molecule is OB1OCc2cc(F)c(-c3ccoc3)cc21. The molecule has 0 bridgehead atoms. The summed E-state index contributed by atoms with van der Waals surface area (Å²) in [5, 5.41) is 9.53. The zero-order valence-corrected chi connectivity index (χ0v) is 8.31. The molecule has 3 rings (SSSR count). The average molecular weight is 218 g/mol. The number of halogens is 1. The summed E-state index contributed by atoms with van der Waals surface area (Å²) in [7, 11) is -0.957. The second kappa shape index (κ2) is 3.47. The highest BCUT2D eigenvalue weighted by Gasteiger charge is 2.28. The molecule has 0 saturated heterocycles. The lowest BCUT2D eigenvalue weighted by Crippen LogP contribution is -2.28. The zero-order chi connectivity index (χ0) is 11.1. The number of fused-ring (bicyclic) bond motifs is 1. The normalized spacial score (nSPS) is 14.2. The Hall–Kier alpha value is -1.59. The number of benzene rings is 1. The van der Waals surface area contributed by atoms with E-state index < -0.39 is 7.12 Å². The largest absolute Gasteiger partial charge is 0.491 e. The molecule has 1 N–H and O–H groups in total. The zero-order valence-electron chi connectivity index (χ0n) is 8.31. The standard InChI is InChI=1S/C11H8BFO3/c13-11-3-8-6-16-12(14)10(8)4-9(11)7-1-2-15-5-7/h1-5,14H,6H2. The molecule has 1 aliphatic rings. The van der Waals surface area contributed by atoms with E-state index in [0.29, 0.717) is 22.2 Å². The predicted molar refractivity (Wildman–Crippen MR) is 56.5 cm³/mol. The van der Waals surface area contributed by atoms with E-state index >= 15 is 0 Å². The first-order chi connectivity index (χ1) is 7.75. The molecule has 0 atom stereocenters. The van der Waals surface area contributed by atoms with Crippen LogP contribution in [0.1, 0.15) is 5.56 Å². The molecule has 0 unspecified atom stereocenters. The van der Waals surface area contributed by atoms with Gasteiger partial charge in [0.1, 0.15) is 5.82 Å². The van der Waals surface area contributed by atoms with E-state index in [1.807, 2.05) is 0 Å². The molecular formula is C11H8BFO3. The van der Waals surface area contributed by atoms with E-state index in [-0.39, 0.29) is 12.4 Å². The van der Waals surface area contributed by atoms with E-state index in [1.165, 1.54) is 18.6 Å². The first-order valence-corrected chi connectivity index (χ1v) is 4.90. The van der Waals surface area contributed by atoms with Crippen molar-refractivity contribution in [3.63, 3.8) is 0 Å². The van der Waals surface area contributed by atoms with Gasteiger partial charge in [-0.2, -0.15) is 0 Å². The van der Waals surface area contributed by atoms with Crippen LogP contribution in [0, 0.1) is 5.82 Å². The highest BCUT2D eigenvalue weighted by atomic mass is 19.1. The van der Waals surface area contributed by atoms with E-state index in [1.54, 1.807) is 12.1 Å². The Labute approximate surface area is 91.6 Å². The van der Waals surface area contributed by atoms with Crippen molar-refractivity contribution in [3.05, 3.63) is 42.1 Å². The molecule has 0 amide bonds. The second-order valence-corrected chi connectivity index (χ2v) is 3.71. The molecule has 80 valence electrons. The monoisotopic (exact) mass is 218 g/mol. The number of furan rings is 1. The smallest absolute Gasteiger partial charge is 0.472 e. The average Bonchev–Trinajstić information content (AvgIpc) is 2.88. The Morgan fingerprint density at radius 3 is 3.00 bits per heavy atom. The Bertz CT molecular complexity index is 524. The van der Waals surface area contributed by atoms with Gasteiger partial charge in [0, 0.05) is 11.1 Å². The molecule has 5 heteroatoms. The predicted octanol–water partition coefficient (Wildman–Crippen LogP) is 1.30. The van der Waals surface area contributed by atoms with Gasteiger partial charge in [0.2, 0.25) is 0 Å². The summed E-state index contributed by atoms with van der Waals surface area (Å²) in [6, 6.07) is 4.67. The van der Waals surface area contributed by atoms with Crippen LogP contribution in [-0.4, -0.2) is 12.1 Å². The van der Waals surface area contributed by atoms with Crippen molar-refractivity contribution < 1.29 is 18.5 Å². The van der Waals surface area contributed by atoms with Crippen molar-refractivity contribution in [1.82, 2.24) is 0 Å². The van der Waals surface area contributed by atoms with E-state index in [0.717, 1.165) is 0 Å². The molecule has 0 aliphatic carbocycles. The van der Waals surface area contributed by atoms with Crippen molar-refractivity contribution in [1.29, 1.82) is 0 Å². The van der Waals surface area contributed by atoms with Crippen molar-refractivity contribution in [2.24, 2.45) is 0 Å². The fraction of sp³-hybridized carbons (Fsp3) is 0.0909. The molecule has 2 heterocycles. The van der Waals surface area contributed by atoms with Gasteiger partial charge in [0.05, 0.1) is 19.1 Å². The van der Waals surface area contributed by atoms with Crippen LogP contribution in [0.2, 0.25) is 0 Å². The van der Waals surface area contributed by atoms with Crippen molar-refractivity contribution in [2.45, 2.75) is 6.61 Å². The molecule has 0 fully saturated rings. The number of hydrogen-bond acceptors (Lipinski definition) is 3. The van der Waals surface area contributed by atoms with Gasteiger partial charge in [-0.25, -0.2) is 4.39 Å². The van der Waals surface area contributed by atoms with Crippen LogP contribution < -0.4 is 5.46 Å². The Morgan fingerprint density at radius 1 is 1.38 bits per heavy atom. The lowest BCUT2D eigenvalue weighted by Gasteiger charge is -2.04. The van der Waals surface area contributed by atoms with Crippen molar-refractivity contribution in [2.75, 3.05) is 0 Å². The minimum atomic E-state index is -0.957. The maximum Gasteiger partial charge on any atom is 0.491 e. The van der Waals surface area contributed by atoms with Gasteiger partial charge in [0.15, 0.2) is 0 Å². The van der Waals surface area contributed by atoms with Crippen LogP contribution in [0.3, 0.4) is 0 Å². The van der Waals surface area contributed by atoms with Gasteiger partial charge < -0.3 is 14.1 Å².